The van der Waals surface area contributed by atoms with Crippen molar-refractivity contribution in [3.05, 3.63) is 41.9 Å². The second-order valence-electron chi connectivity index (χ2n) is 10.2. The molecule has 7 heteroatoms. The van der Waals surface area contributed by atoms with Crippen LogP contribution in [0.1, 0.15) is 49.9 Å². The zero-order valence-electron chi connectivity index (χ0n) is 20.7. The number of carbonyl (C=O) groups is 1. The molecule has 1 aromatic heterocycles. The normalized spacial score (nSPS) is 20.6. The number of nitrogens with zero attached hydrogens (tertiary/aromatic N) is 5. The number of amides is 1. The summed E-state index contributed by atoms with van der Waals surface area (Å²) in [5.41, 5.74) is 4.19. The average Bonchev–Trinajstić information content (AvgIpc) is 3.42. The quantitative estimate of drug-likeness (QED) is 0.724. The van der Waals surface area contributed by atoms with Gasteiger partial charge in [-0.05, 0) is 63.8 Å². The monoisotopic (exact) mass is 462 g/mol. The number of piperidine rings is 1. The van der Waals surface area contributed by atoms with E-state index in [-0.39, 0.29) is 11.8 Å². The fourth-order valence-electron chi connectivity index (χ4n) is 5.80. The minimum atomic E-state index is 0.191. The fraction of sp³-hybridized carbons (Fsp3) is 0.593. The first kappa shape index (κ1) is 23.1. The molecule has 0 radical (unpaired) electrons. The van der Waals surface area contributed by atoms with Gasteiger partial charge in [-0.1, -0.05) is 12.8 Å². The van der Waals surface area contributed by atoms with Gasteiger partial charge in [-0.15, -0.1) is 0 Å². The van der Waals surface area contributed by atoms with Crippen LogP contribution in [0.2, 0.25) is 0 Å². The standard InChI is InChI=1S/C27H38N6O/c1-20-19-28-21(2)26(29-20)33-17-15-32(16-18-33)25-11-13-31(14-12-25)24-9-7-23(8-10-24)30-27(34)22-5-3-4-6-22/h7-10,19,22,25H,3-6,11-18H2,1-2H3,(H,30,34). The first-order valence-corrected chi connectivity index (χ1v) is 13.0. The number of hydrogen-bond donors (Lipinski definition) is 1. The molecular weight excluding hydrogens is 424 g/mol. The molecule has 1 N–H and O–H groups in total. The van der Waals surface area contributed by atoms with Gasteiger partial charge >= 0.3 is 0 Å². The molecule has 0 atom stereocenters. The molecule has 7 nitrogen and oxygen atoms in total. The van der Waals surface area contributed by atoms with Crippen LogP contribution in [0.3, 0.4) is 0 Å². The van der Waals surface area contributed by atoms with Gasteiger partial charge in [0.05, 0.1) is 11.4 Å². The minimum absolute atomic E-state index is 0.191. The van der Waals surface area contributed by atoms with Crippen LogP contribution >= 0.6 is 0 Å². The molecule has 1 amide bonds. The molecule has 0 unspecified atom stereocenters. The molecule has 2 aliphatic heterocycles. The minimum Gasteiger partial charge on any atom is -0.371 e. The summed E-state index contributed by atoms with van der Waals surface area (Å²) in [5, 5.41) is 3.11. The maximum atomic E-state index is 12.4. The summed E-state index contributed by atoms with van der Waals surface area (Å²) in [6.07, 6.45) is 8.68. The lowest BCUT2D eigenvalue weighted by Gasteiger charge is -2.43. The lowest BCUT2D eigenvalue weighted by Crippen LogP contribution is -2.53. The van der Waals surface area contributed by atoms with Gasteiger partial charge in [0.25, 0.3) is 0 Å². The molecule has 182 valence electrons. The van der Waals surface area contributed by atoms with Crippen molar-refractivity contribution in [2.45, 2.75) is 58.4 Å². The molecule has 34 heavy (non-hydrogen) atoms. The third-order valence-electron chi connectivity index (χ3n) is 7.87. The number of nitrogens with one attached hydrogen (secondary N) is 1. The van der Waals surface area contributed by atoms with Crippen LogP contribution in [-0.4, -0.2) is 66.1 Å². The van der Waals surface area contributed by atoms with Crippen LogP contribution < -0.4 is 15.1 Å². The number of hydrogen-bond acceptors (Lipinski definition) is 6. The maximum Gasteiger partial charge on any atom is 0.227 e. The number of aryl methyl sites for hydroxylation is 2. The van der Waals surface area contributed by atoms with Gasteiger partial charge < -0.3 is 15.1 Å². The maximum absolute atomic E-state index is 12.4. The van der Waals surface area contributed by atoms with Crippen LogP contribution in [0.5, 0.6) is 0 Å². The Morgan fingerprint density at radius 3 is 2.24 bits per heavy atom. The van der Waals surface area contributed by atoms with E-state index in [0.717, 1.165) is 75.0 Å². The van der Waals surface area contributed by atoms with Gasteiger partial charge in [-0.3, -0.25) is 14.7 Å². The third-order valence-corrected chi connectivity index (χ3v) is 7.87. The number of rotatable bonds is 5. The van der Waals surface area contributed by atoms with E-state index in [1.807, 2.05) is 13.1 Å². The highest BCUT2D eigenvalue weighted by Gasteiger charge is 2.28. The molecular formula is C27H38N6O. The summed E-state index contributed by atoms with van der Waals surface area (Å²) in [7, 11) is 0. The van der Waals surface area contributed by atoms with Crippen molar-refractivity contribution >= 4 is 23.1 Å². The summed E-state index contributed by atoms with van der Waals surface area (Å²) in [6, 6.07) is 9.10. The van der Waals surface area contributed by atoms with Crippen LogP contribution in [-0.2, 0) is 4.79 Å². The van der Waals surface area contributed by atoms with Crippen molar-refractivity contribution < 1.29 is 4.79 Å². The van der Waals surface area contributed by atoms with Gasteiger partial charge in [0.2, 0.25) is 5.91 Å². The van der Waals surface area contributed by atoms with Crippen molar-refractivity contribution in [2.24, 2.45) is 5.92 Å². The lowest BCUT2D eigenvalue weighted by molar-refractivity contribution is -0.119. The molecule has 1 aliphatic carbocycles. The first-order chi connectivity index (χ1) is 16.6. The summed E-state index contributed by atoms with van der Waals surface area (Å²) in [5.74, 6) is 1.45. The van der Waals surface area contributed by atoms with Crippen molar-refractivity contribution in [1.82, 2.24) is 14.9 Å². The highest BCUT2D eigenvalue weighted by Crippen LogP contribution is 2.28. The SMILES string of the molecule is Cc1cnc(C)c(N2CCN(C3CCN(c4ccc(NC(=O)C5CCCC5)cc4)CC3)CC2)n1. The lowest BCUT2D eigenvalue weighted by atomic mass is 10.0. The zero-order valence-corrected chi connectivity index (χ0v) is 20.7. The summed E-state index contributed by atoms with van der Waals surface area (Å²) in [4.78, 5) is 29.2. The van der Waals surface area contributed by atoms with E-state index in [2.05, 4.69) is 56.2 Å². The predicted octanol–water partition coefficient (Wildman–Crippen LogP) is 4.01. The average molecular weight is 463 g/mol. The Morgan fingerprint density at radius 1 is 0.882 bits per heavy atom. The first-order valence-electron chi connectivity index (χ1n) is 13.0. The largest absolute Gasteiger partial charge is 0.371 e. The number of aromatic nitrogens is 2. The number of anilines is 3. The van der Waals surface area contributed by atoms with E-state index >= 15 is 0 Å². The summed E-state index contributed by atoms with van der Waals surface area (Å²) >= 11 is 0. The van der Waals surface area contributed by atoms with Gasteiger partial charge in [0.1, 0.15) is 5.82 Å². The molecule has 0 bridgehead atoms. The van der Waals surface area contributed by atoms with Crippen molar-refractivity contribution in [2.75, 3.05) is 54.4 Å². The van der Waals surface area contributed by atoms with Crippen molar-refractivity contribution in [3.63, 3.8) is 0 Å². The molecule has 3 aliphatic rings. The van der Waals surface area contributed by atoms with Crippen molar-refractivity contribution in [3.8, 4) is 0 Å². The van der Waals surface area contributed by atoms with Gasteiger partial charge in [-0.2, -0.15) is 0 Å². The fourth-order valence-corrected chi connectivity index (χ4v) is 5.80. The van der Waals surface area contributed by atoms with E-state index in [0.29, 0.717) is 6.04 Å². The highest BCUT2D eigenvalue weighted by atomic mass is 16.1. The molecule has 3 fully saturated rings. The molecule has 1 aromatic carbocycles. The van der Waals surface area contributed by atoms with Gasteiger partial charge in [0, 0.05) is 68.8 Å². The topological polar surface area (TPSA) is 64.6 Å². The van der Waals surface area contributed by atoms with Crippen LogP contribution in [0.25, 0.3) is 0 Å². The Labute approximate surface area is 203 Å². The molecule has 5 rings (SSSR count). The Kier molecular flexibility index (Phi) is 6.99. The van der Waals surface area contributed by atoms with Crippen molar-refractivity contribution in [1.29, 1.82) is 0 Å². The van der Waals surface area contributed by atoms with E-state index in [4.69, 9.17) is 4.98 Å². The van der Waals surface area contributed by atoms with E-state index in [9.17, 15) is 4.79 Å². The van der Waals surface area contributed by atoms with E-state index in [1.165, 1.54) is 31.4 Å². The van der Waals surface area contributed by atoms with Crippen LogP contribution in [0, 0.1) is 19.8 Å². The number of piperazine rings is 1. The second-order valence-corrected chi connectivity index (χ2v) is 10.2. The van der Waals surface area contributed by atoms with Crippen LogP contribution in [0.4, 0.5) is 17.2 Å². The Morgan fingerprint density at radius 2 is 1.56 bits per heavy atom. The molecule has 2 saturated heterocycles. The molecule has 1 saturated carbocycles. The third kappa shape index (κ3) is 5.19. The van der Waals surface area contributed by atoms with E-state index < -0.39 is 0 Å². The Hall–Kier alpha value is -2.67. The molecule has 0 spiro atoms. The number of carbonyl (C=O) groups excluding carboxylic acids is 1. The number of benzene rings is 1. The van der Waals surface area contributed by atoms with Gasteiger partial charge in [-0.25, -0.2) is 4.98 Å². The smallest absolute Gasteiger partial charge is 0.227 e. The Bertz CT molecular complexity index is 971. The predicted molar refractivity (Wildman–Crippen MR) is 138 cm³/mol. The molecule has 3 heterocycles. The zero-order chi connectivity index (χ0) is 23.5. The summed E-state index contributed by atoms with van der Waals surface area (Å²) < 4.78 is 0. The van der Waals surface area contributed by atoms with Crippen LogP contribution in [0.15, 0.2) is 30.5 Å². The van der Waals surface area contributed by atoms with E-state index in [1.54, 1.807) is 0 Å². The Balaban J connectivity index is 1.09. The second kappa shape index (κ2) is 10.3. The highest BCUT2D eigenvalue weighted by molar-refractivity contribution is 5.92. The molecule has 2 aromatic rings. The van der Waals surface area contributed by atoms with Gasteiger partial charge in [0.15, 0.2) is 0 Å². The summed E-state index contributed by atoms with van der Waals surface area (Å²) in [6.45, 7) is 10.5.